The summed E-state index contributed by atoms with van der Waals surface area (Å²) < 4.78 is 24.5. The summed E-state index contributed by atoms with van der Waals surface area (Å²) in [7, 11) is 1.61. The quantitative estimate of drug-likeness (QED) is 0.778. The maximum absolute atomic E-state index is 13.7. The van der Waals surface area contributed by atoms with Crippen LogP contribution in [0.2, 0.25) is 0 Å². The number of nitrogens with one attached hydrogen (secondary N) is 1. The van der Waals surface area contributed by atoms with E-state index in [2.05, 4.69) is 5.32 Å². The Balaban J connectivity index is 2.06. The number of hydrogen-bond donors (Lipinski definition) is 1. The zero-order valence-corrected chi connectivity index (χ0v) is 14.8. The Morgan fingerprint density at radius 2 is 1.76 bits per heavy atom. The molecule has 25 heavy (non-hydrogen) atoms. The average molecular weight is 345 g/mol. The van der Waals surface area contributed by atoms with Crippen LogP contribution in [0.15, 0.2) is 48.5 Å². The van der Waals surface area contributed by atoms with Crippen LogP contribution in [0.3, 0.4) is 0 Å². The molecule has 0 aromatic heterocycles. The van der Waals surface area contributed by atoms with Gasteiger partial charge in [-0.05, 0) is 42.7 Å². The fraction of sp³-hybridized carbons (Fsp3) is 0.350. The molecule has 2 aromatic rings. The third-order valence-corrected chi connectivity index (χ3v) is 4.01. The van der Waals surface area contributed by atoms with Gasteiger partial charge < -0.3 is 14.8 Å². The molecule has 2 rings (SSSR count). The van der Waals surface area contributed by atoms with Crippen LogP contribution in [0, 0.1) is 5.82 Å². The number of carbonyl (C=O) groups is 1. The van der Waals surface area contributed by atoms with Crippen molar-refractivity contribution in [2.75, 3.05) is 7.11 Å². The Morgan fingerprint density at radius 3 is 2.32 bits per heavy atom. The van der Waals surface area contributed by atoms with Gasteiger partial charge in [0.25, 0.3) is 5.91 Å². The van der Waals surface area contributed by atoms with Crippen LogP contribution in [-0.4, -0.2) is 19.1 Å². The third kappa shape index (κ3) is 4.95. The summed E-state index contributed by atoms with van der Waals surface area (Å²) in [5, 5.41) is 2.98. The van der Waals surface area contributed by atoms with Gasteiger partial charge in [0, 0.05) is 0 Å². The predicted octanol–water partition coefficient (Wildman–Crippen LogP) is 4.26. The number of carbonyl (C=O) groups excluding carboxylic acids is 1. The lowest BCUT2D eigenvalue weighted by Crippen LogP contribution is -2.40. The molecule has 0 aliphatic carbocycles. The van der Waals surface area contributed by atoms with Gasteiger partial charge in [0.1, 0.15) is 5.75 Å². The molecule has 0 saturated carbocycles. The van der Waals surface area contributed by atoms with Crippen molar-refractivity contribution in [3.05, 3.63) is 59.9 Å². The van der Waals surface area contributed by atoms with Gasteiger partial charge in [-0.1, -0.05) is 38.1 Å². The lowest BCUT2D eigenvalue weighted by atomic mass is 10.0. The fourth-order valence-corrected chi connectivity index (χ4v) is 2.54. The standard InChI is InChI=1S/C20H24FNO3/c1-4-17(14-10-12-15(24-3)13-11-14)22-20(23)18(5-2)25-19-9-7-6-8-16(19)21/h6-13,17-18H,4-5H2,1-3H3,(H,22,23)/t17-,18+/m1/s1. The zero-order valence-electron chi connectivity index (χ0n) is 14.8. The first-order valence-electron chi connectivity index (χ1n) is 8.44. The Kier molecular flexibility index (Phi) is 6.81. The molecule has 0 radical (unpaired) electrons. The molecular weight excluding hydrogens is 321 g/mol. The lowest BCUT2D eigenvalue weighted by Gasteiger charge is -2.22. The Bertz CT molecular complexity index is 688. The summed E-state index contributed by atoms with van der Waals surface area (Å²) in [5.41, 5.74) is 0.984. The number of benzene rings is 2. The summed E-state index contributed by atoms with van der Waals surface area (Å²) >= 11 is 0. The van der Waals surface area contributed by atoms with Crippen molar-refractivity contribution in [3.63, 3.8) is 0 Å². The van der Waals surface area contributed by atoms with Gasteiger partial charge in [0.15, 0.2) is 17.7 Å². The van der Waals surface area contributed by atoms with Crippen molar-refractivity contribution in [2.45, 2.75) is 38.8 Å². The molecule has 2 atom stereocenters. The minimum absolute atomic E-state index is 0.0852. The first kappa shape index (κ1) is 18.8. The van der Waals surface area contributed by atoms with Crippen molar-refractivity contribution in [1.29, 1.82) is 0 Å². The topological polar surface area (TPSA) is 47.6 Å². The maximum atomic E-state index is 13.7. The monoisotopic (exact) mass is 345 g/mol. The van der Waals surface area contributed by atoms with E-state index in [1.165, 1.54) is 12.1 Å². The Hall–Kier alpha value is -2.56. The largest absolute Gasteiger partial charge is 0.497 e. The van der Waals surface area contributed by atoms with Crippen molar-refractivity contribution in [3.8, 4) is 11.5 Å². The van der Waals surface area contributed by atoms with E-state index in [9.17, 15) is 9.18 Å². The molecule has 0 aliphatic rings. The highest BCUT2D eigenvalue weighted by Gasteiger charge is 2.22. The summed E-state index contributed by atoms with van der Waals surface area (Å²) in [6.45, 7) is 3.83. The van der Waals surface area contributed by atoms with Crippen LogP contribution in [-0.2, 0) is 4.79 Å². The molecule has 0 saturated heterocycles. The zero-order chi connectivity index (χ0) is 18.2. The highest BCUT2D eigenvalue weighted by molar-refractivity contribution is 5.81. The second kappa shape index (κ2) is 9.06. The number of ether oxygens (including phenoxy) is 2. The normalized spacial score (nSPS) is 13.0. The molecule has 0 heterocycles. The van der Waals surface area contributed by atoms with Crippen molar-refractivity contribution in [2.24, 2.45) is 0 Å². The molecule has 0 bridgehead atoms. The van der Waals surface area contributed by atoms with Crippen molar-refractivity contribution in [1.82, 2.24) is 5.32 Å². The van der Waals surface area contributed by atoms with E-state index in [4.69, 9.17) is 9.47 Å². The predicted molar refractivity (Wildman–Crippen MR) is 95.3 cm³/mol. The highest BCUT2D eigenvalue weighted by atomic mass is 19.1. The molecule has 134 valence electrons. The van der Waals surface area contributed by atoms with Crippen LogP contribution in [0.4, 0.5) is 4.39 Å². The van der Waals surface area contributed by atoms with Gasteiger partial charge in [-0.2, -0.15) is 0 Å². The first-order chi connectivity index (χ1) is 12.1. The van der Waals surface area contributed by atoms with Crippen LogP contribution in [0.5, 0.6) is 11.5 Å². The number of rotatable bonds is 8. The Labute approximate surface area is 148 Å². The highest BCUT2D eigenvalue weighted by Crippen LogP contribution is 2.22. The maximum Gasteiger partial charge on any atom is 0.261 e. The first-order valence-corrected chi connectivity index (χ1v) is 8.44. The third-order valence-electron chi connectivity index (χ3n) is 4.01. The molecular formula is C20H24FNO3. The summed E-state index contributed by atoms with van der Waals surface area (Å²) in [6, 6.07) is 13.5. The molecule has 0 fully saturated rings. The van der Waals surface area contributed by atoms with E-state index >= 15 is 0 Å². The number of methoxy groups -OCH3 is 1. The van der Waals surface area contributed by atoms with E-state index in [1.807, 2.05) is 38.1 Å². The van der Waals surface area contributed by atoms with Gasteiger partial charge in [0.2, 0.25) is 0 Å². The summed E-state index contributed by atoms with van der Waals surface area (Å²) in [5.74, 6) is 0.116. The number of amides is 1. The van der Waals surface area contributed by atoms with Gasteiger partial charge in [-0.3, -0.25) is 4.79 Å². The van der Waals surface area contributed by atoms with Gasteiger partial charge in [-0.25, -0.2) is 4.39 Å². The van der Waals surface area contributed by atoms with E-state index in [0.29, 0.717) is 6.42 Å². The minimum Gasteiger partial charge on any atom is -0.497 e. The van der Waals surface area contributed by atoms with Gasteiger partial charge >= 0.3 is 0 Å². The van der Waals surface area contributed by atoms with Gasteiger partial charge in [0.05, 0.1) is 13.2 Å². The molecule has 4 nitrogen and oxygen atoms in total. The van der Waals surface area contributed by atoms with E-state index in [-0.39, 0.29) is 17.7 Å². The van der Waals surface area contributed by atoms with Crippen LogP contribution < -0.4 is 14.8 Å². The van der Waals surface area contributed by atoms with E-state index < -0.39 is 11.9 Å². The number of hydrogen-bond acceptors (Lipinski definition) is 3. The van der Waals surface area contributed by atoms with Crippen molar-refractivity contribution < 1.29 is 18.7 Å². The summed E-state index contributed by atoms with van der Waals surface area (Å²) in [4.78, 5) is 12.6. The second-order valence-corrected chi connectivity index (χ2v) is 5.69. The van der Waals surface area contributed by atoms with Crippen LogP contribution in [0.25, 0.3) is 0 Å². The summed E-state index contributed by atoms with van der Waals surface area (Å²) in [6.07, 6.45) is 0.428. The van der Waals surface area contributed by atoms with Crippen molar-refractivity contribution >= 4 is 5.91 Å². The van der Waals surface area contributed by atoms with Gasteiger partial charge in [-0.15, -0.1) is 0 Å². The molecule has 1 N–H and O–H groups in total. The lowest BCUT2D eigenvalue weighted by molar-refractivity contribution is -0.129. The number of halogens is 1. The van der Waals surface area contributed by atoms with Crippen LogP contribution in [0.1, 0.15) is 38.3 Å². The molecule has 0 spiro atoms. The van der Waals surface area contributed by atoms with E-state index in [1.54, 1.807) is 19.2 Å². The van der Waals surface area contributed by atoms with E-state index in [0.717, 1.165) is 17.7 Å². The van der Waals surface area contributed by atoms with Crippen LogP contribution >= 0.6 is 0 Å². The molecule has 2 aromatic carbocycles. The minimum atomic E-state index is -0.746. The SMILES string of the molecule is CC[C@H](Oc1ccccc1F)C(=O)N[C@H](CC)c1ccc(OC)cc1. The number of para-hydroxylation sites is 1. The second-order valence-electron chi connectivity index (χ2n) is 5.69. The fourth-order valence-electron chi connectivity index (χ4n) is 2.54. The smallest absolute Gasteiger partial charge is 0.261 e. The average Bonchev–Trinajstić information content (AvgIpc) is 2.65. The Morgan fingerprint density at radius 1 is 1.08 bits per heavy atom. The molecule has 5 heteroatoms. The molecule has 0 unspecified atom stereocenters. The molecule has 0 aliphatic heterocycles. The molecule has 1 amide bonds.